The van der Waals surface area contributed by atoms with Crippen molar-refractivity contribution in [3.63, 3.8) is 0 Å². The number of hydrogen-bond donors (Lipinski definition) is 2. The maximum atomic E-state index is 11.8. The number of carboxylic acids is 1. The monoisotopic (exact) mass is 256 g/mol. The van der Waals surface area contributed by atoms with Crippen molar-refractivity contribution in [1.82, 2.24) is 10.2 Å². The molecule has 6 nitrogen and oxygen atoms in total. The third-order valence-electron chi connectivity index (χ3n) is 3.38. The van der Waals surface area contributed by atoms with Crippen molar-refractivity contribution >= 4 is 17.8 Å². The molecule has 1 heterocycles. The summed E-state index contributed by atoms with van der Waals surface area (Å²) in [5, 5.41) is 11.1. The molecule has 1 saturated heterocycles. The largest absolute Gasteiger partial charge is 0.481 e. The number of carbonyl (C=O) groups excluding carboxylic acids is 2. The van der Waals surface area contributed by atoms with Crippen LogP contribution in [0, 0.1) is 5.41 Å². The van der Waals surface area contributed by atoms with E-state index in [4.69, 9.17) is 5.11 Å². The maximum Gasteiger partial charge on any atom is 0.303 e. The van der Waals surface area contributed by atoms with Crippen LogP contribution < -0.4 is 5.32 Å². The second kappa shape index (κ2) is 5.84. The molecular formula is C12H20N2O4. The molecule has 0 saturated carbocycles. The van der Waals surface area contributed by atoms with Crippen LogP contribution in [0.5, 0.6) is 0 Å². The van der Waals surface area contributed by atoms with Gasteiger partial charge in [-0.3, -0.25) is 14.4 Å². The average molecular weight is 256 g/mol. The summed E-state index contributed by atoms with van der Waals surface area (Å²) in [6.07, 6.45) is 1.24. The molecule has 6 heteroatoms. The third-order valence-corrected chi connectivity index (χ3v) is 3.38. The number of amides is 2. The average Bonchev–Trinajstić information content (AvgIpc) is 2.71. The zero-order valence-electron chi connectivity index (χ0n) is 10.9. The predicted octanol–water partition coefficient (Wildman–Crippen LogP) is 0.226. The standard InChI is InChI=1S/C12H20N2O4/c1-12(11(18)13-2)6-7-14(8-12)9(15)4-3-5-10(16)17/h3-8H2,1-2H3,(H,13,18)(H,16,17). The van der Waals surface area contributed by atoms with Crippen molar-refractivity contribution in [2.75, 3.05) is 20.1 Å². The van der Waals surface area contributed by atoms with Gasteiger partial charge in [0.2, 0.25) is 11.8 Å². The van der Waals surface area contributed by atoms with E-state index in [0.717, 1.165) is 0 Å². The molecule has 2 amide bonds. The fourth-order valence-electron chi connectivity index (χ4n) is 2.21. The normalized spacial score (nSPS) is 22.9. The van der Waals surface area contributed by atoms with E-state index in [-0.39, 0.29) is 24.7 Å². The highest BCUT2D eigenvalue weighted by Gasteiger charge is 2.41. The first-order chi connectivity index (χ1) is 8.39. The van der Waals surface area contributed by atoms with Crippen LogP contribution in [0.3, 0.4) is 0 Å². The summed E-state index contributed by atoms with van der Waals surface area (Å²) in [5.74, 6) is -1.01. The van der Waals surface area contributed by atoms with Gasteiger partial charge in [-0.05, 0) is 19.8 Å². The molecule has 0 aromatic carbocycles. The van der Waals surface area contributed by atoms with Gasteiger partial charge < -0.3 is 15.3 Å². The first-order valence-corrected chi connectivity index (χ1v) is 6.11. The zero-order chi connectivity index (χ0) is 13.8. The van der Waals surface area contributed by atoms with Crippen molar-refractivity contribution in [3.05, 3.63) is 0 Å². The van der Waals surface area contributed by atoms with E-state index in [1.54, 1.807) is 11.9 Å². The predicted molar refractivity (Wildman–Crippen MR) is 64.9 cm³/mol. The van der Waals surface area contributed by atoms with Gasteiger partial charge in [-0.15, -0.1) is 0 Å². The summed E-state index contributed by atoms with van der Waals surface area (Å²) in [4.78, 5) is 35.5. The number of nitrogens with one attached hydrogen (secondary N) is 1. The molecule has 2 N–H and O–H groups in total. The Morgan fingerprint density at radius 2 is 2.00 bits per heavy atom. The van der Waals surface area contributed by atoms with E-state index in [0.29, 0.717) is 25.9 Å². The van der Waals surface area contributed by atoms with Gasteiger partial charge in [0, 0.05) is 33.0 Å². The Morgan fingerprint density at radius 3 is 2.56 bits per heavy atom. The number of nitrogens with zero attached hydrogens (tertiary/aromatic N) is 1. The van der Waals surface area contributed by atoms with Gasteiger partial charge >= 0.3 is 5.97 Å². The zero-order valence-corrected chi connectivity index (χ0v) is 10.9. The SMILES string of the molecule is CNC(=O)C1(C)CCN(C(=O)CCCC(=O)O)C1. The Balaban J connectivity index is 2.44. The van der Waals surface area contributed by atoms with Crippen LogP contribution in [0.1, 0.15) is 32.6 Å². The molecule has 0 aromatic rings. The topological polar surface area (TPSA) is 86.7 Å². The van der Waals surface area contributed by atoms with Gasteiger partial charge in [0.25, 0.3) is 0 Å². The summed E-state index contributed by atoms with van der Waals surface area (Å²) < 4.78 is 0. The van der Waals surface area contributed by atoms with Gasteiger partial charge in [-0.2, -0.15) is 0 Å². The summed E-state index contributed by atoms with van der Waals surface area (Å²) in [6, 6.07) is 0. The van der Waals surface area contributed by atoms with Gasteiger partial charge in [0.05, 0.1) is 5.41 Å². The van der Waals surface area contributed by atoms with Crippen molar-refractivity contribution in [3.8, 4) is 0 Å². The summed E-state index contributed by atoms with van der Waals surface area (Å²) in [7, 11) is 1.59. The van der Waals surface area contributed by atoms with E-state index in [1.807, 2.05) is 6.92 Å². The van der Waals surface area contributed by atoms with E-state index < -0.39 is 11.4 Å². The number of carboxylic acid groups (broad SMARTS) is 1. The van der Waals surface area contributed by atoms with Crippen LogP contribution in [0.2, 0.25) is 0 Å². The molecule has 18 heavy (non-hydrogen) atoms. The van der Waals surface area contributed by atoms with Gasteiger partial charge in [0.15, 0.2) is 0 Å². The number of rotatable bonds is 5. The summed E-state index contributed by atoms with van der Waals surface area (Å²) in [5.41, 5.74) is -0.517. The van der Waals surface area contributed by atoms with E-state index >= 15 is 0 Å². The molecule has 1 aliphatic rings. The molecule has 0 radical (unpaired) electrons. The fraction of sp³-hybridized carbons (Fsp3) is 0.750. The number of carbonyl (C=O) groups is 3. The molecule has 1 fully saturated rings. The van der Waals surface area contributed by atoms with Crippen LogP contribution in [-0.4, -0.2) is 47.9 Å². The molecule has 0 spiro atoms. The quantitative estimate of drug-likeness (QED) is 0.737. The molecule has 1 atom stereocenters. The van der Waals surface area contributed by atoms with Gasteiger partial charge in [0.1, 0.15) is 0 Å². The van der Waals surface area contributed by atoms with Crippen LogP contribution in [0.4, 0.5) is 0 Å². The van der Waals surface area contributed by atoms with Gasteiger partial charge in [-0.25, -0.2) is 0 Å². The lowest BCUT2D eigenvalue weighted by molar-refractivity contribution is -0.137. The Kier molecular flexibility index (Phi) is 4.69. The van der Waals surface area contributed by atoms with Crippen LogP contribution >= 0.6 is 0 Å². The molecule has 0 aromatic heterocycles. The Hall–Kier alpha value is -1.59. The minimum Gasteiger partial charge on any atom is -0.481 e. The second-order valence-electron chi connectivity index (χ2n) is 4.95. The second-order valence-corrected chi connectivity index (χ2v) is 4.95. The summed E-state index contributed by atoms with van der Waals surface area (Å²) in [6.45, 7) is 2.82. The minimum atomic E-state index is -0.889. The molecule has 1 rings (SSSR count). The lowest BCUT2D eigenvalue weighted by Crippen LogP contribution is -2.40. The first-order valence-electron chi connectivity index (χ1n) is 6.11. The van der Waals surface area contributed by atoms with E-state index in [1.165, 1.54) is 0 Å². The van der Waals surface area contributed by atoms with E-state index in [2.05, 4.69) is 5.32 Å². The highest BCUT2D eigenvalue weighted by atomic mass is 16.4. The highest BCUT2D eigenvalue weighted by Crippen LogP contribution is 2.30. The fourth-order valence-corrected chi connectivity index (χ4v) is 2.21. The molecule has 102 valence electrons. The number of likely N-dealkylation sites (tertiary alicyclic amines) is 1. The van der Waals surface area contributed by atoms with Crippen LogP contribution in [0.15, 0.2) is 0 Å². The van der Waals surface area contributed by atoms with Crippen molar-refractivity contribution in [2.24, 2.45) is 5.41 Å². The number of hydrogen-bond acceptors (Lipinski definition) is 3. The van der Waals surface area contributed by atoms with Crippen molar-refractivity contribution in [1.29, 1.82) is 0 Å². The smallest absolute Gasteiger partial charge is 0.303 e. The third kappa shape index (κ3) is 3.45. The molecule has 0 aliphatic carbocycles. The molecular weight excluding hydrogens is 236 g/mol. The van der Waals surface area contributed by atoms with Gasteiger partial charge in [-0.1, -0.05) is 0 Å². The Morgan fingerprint density at radius 1 is 1.33 bits per heavy atom. The lowest BCUT2D eigenvalue weighted by atomic mass is 9.89. The maximum absolute atomic E-state index is 11.8. The van der Waals surface area contributed by atoms with Crippen molar-refractivity contribution < 1.29 is 19.5 Å². The highest BCUT2D eigenvalue weighted by molar-refractivity contribution is 5.84. The van der Waals surface area contributed by atoms with Crippen molar-refractivity contribution in [2.45, 2.75) is 32.6 Å². The minimum absolute atomic E-state index is 0.00624. The van der Waals surface area contributed by atoms with E-state index in [9.17, 15) is 14.4 Å². The Bertz CT molecular complexity index is 356. The van der Waals surface area contributed by atoms with Crippen LogP contribution in [0.25, 0.3) is 0 Å². The molecule has 1 unspecified atom stereocenters. The lowest BCUT2D eigenvalue weighted by Gasteiger charge is -2.22. The first kappa shape index (κ1) is 14.5. The molecule has 0 bridgehead atoms. The molecule has 1 aliphatic heterocycles. The number of aliphatic carboxylic acids is 1. The summed E-state index contributed by atoms with van der Waals surface area (Å²) >= 11 is 0. The van der Waals surface area contributed by atoms with Crippen LogP contribution in [-0.2, 0) is 14.4 Å². The Labute approximate surface area is 106 Å².